The monoisotopic (exact) mass is 354 g/mol. The molecule has 0 aromatic carbocycles. The summed E-state index contributed by atoms with van der Waals surface area (Å²) in [4.78, 5) is 25.0. The highest BCUT2D eigenvalue weighted by Crippen LogP contribution is 2.27. The highest BCUT2D eigenvalue weighted by molar-refractivity contribution is 5.95. The Balaban J connectivity index is 1.53. The van der Waals surface area contributed by atoms with Gasteiger partial charge in [-0.2, -0.15) is 0 Å². The molecule has 2 aromatic heterocycles. The van der Waals surface area contributed by atoms with Crippen LogP contribution in [0, 0.1) is 0 Å². The summed E-state index contributed by atoms with van der Waals surface area (Å²) in [6.45, 7) is 3.84. The van der Waals surface area contributed by atoms with Gasteiger partial charge in [-0.05, 0) is 24.3 Å². The maximum Gasteiger partial charge on any atom is 0.253 e. The van der Waals surface area contributed by atoms with Crippen LogP contribution in [0.15, 0.2) is 48.9 Å². The molecule has 0 unspecified atom stereocenters. The smallest absolute Gasteiger partial charge is 0.253 e. The molecular formula is C19H22N4O3. The van der Waals surface area contributed by atoms with Crippen molar-refractivity contribution in [3.05, 3.63) is 54.6 Å². The van der Waals surface area contributed by atoms with Crippen LogP contribution in [0.1, 0.15) is 5.69 Å². The van der Waals surface area contributed by atoms with Crippen LogP contribution < -0.4 is 4.90 Å². The molecule has 2 aliphatic rings. The SMILES string of the molecule is O=C1CO[C@]2(COCCN(Cc3ccccn3)C2)CN1c1cccnc1. The molecule has 0 saturated carbocycles. The van der Waals surface area contributed by atoms with E-state index in [9.17, 15) is 4.79 Å². The molecule has 1 amide bonds. The number of carbonyl (C=O) groups is 1. The maximum atomic E-state index is 12.4. The first-order valence-corrected chi connectivity index (χ1v) is 8.79. The second kappa shape index (κ2) is 7.49. The molecule has 0 aliphatic carbocycles. The summed E-state index contributed by atoms with van der Waals surface area (Å²) in [5.74, 6) is -0.0517. The number of pyridine rings is 2. The van der Waals surface area contributed by atoms with Crippen molar-refractivity contribution in [1.29, 1.82) is 0 Å². The third-order valence-electron chi connectivity index (χ3n) is 4.75. The average molecular weight is 354 g/mol. The van der Waals surface area contributed by atoms with Gasteiger partial charge in [0.05, 0.1) is 37.3 Å². The van der Waals surface area contributed by atoms with E-state index >= 15 is 0 Å². The van der Waals surface area contributed by atoms with Crippen LogP contribution in [0.5, 0.6) is 0 Å². The van der Waals surface area contributed by atoms with Crippen molar-refractivity contribution in [2.24, 2.45) is 0 Å². The van der Waals surface area contributed by atoms with Crippen LogP contribution in [-0.4, -0.2) is 65.8 Å². The molecule has 2 aliphatic heterocycles. The molecule has 0 N–H and O–H groups in total. The summed E-state index contributed by atoms with van der Waals surface area (Å²) in [7, 11) is 0. The van der Waals surface area contributed by atoms with Gasteiger partial charge in [0.2, 0.25) is 0 Å². The lowest BCUT2D eigenvalue weighted by Gasteiger charge is -2.42. The number of hydrogen-bond donors (Lipinski definition) is 0. The number of nitrogens with zero attached hydrogens (tertiary/aromatic N) is 4. The Morgan fingerprint density at radius 1 is 1.15 bits per heavy atom. The zero-order valence-corrected chi connectivity index (χ0v) is 14.6. The lowest BCUT2D eigenvalue weighted by Crippen LogP contribution is -2.60. The lowest BCUT2D eigenvalue weighted by atomic mass is 10.0. The van der Waals surface area contributed by atoms with Crippen LogP contribution in [0.25, 0.3) is 0 Å². The Morgan fingerprint density at radius 3 is 2.92 bits per heavy atom. The van der Waals surface area contributed by atoms with Crippen LogP contribution >= 0.6 is 0 Å². The molecular weight excluding hydrogens is 332 g/mol. The van der Waals surface area contributed by atoms with Crippen molar-refractivity contribution in [2.75, 3.05) is 44.4 Å². The first-order valence-electron chi connectivity index (χ1n) is 8.79. The van der Waals surface area contributed by atoms with E-state index in [0.717, 1.165) is 24.5 Å². The Kier molecular flexibility index (Phi) is 4.92. The van der Waals surface area contributed by atoms with Gasteiger partial charge in [-0.1, -0.05) is 6.07 Å². The summed E-state index contributed by atoms with van der Waals surface area (Å²) >= 11 is 0. The van der Waals surface area contributed by atoms with E-state index in [0.29, 0.717) is 26.3 Å². The number of amides is 1. The molecule has 7 heteroatoms. The van der Waals surface area contributed by atoms with Gasteiger partial charge in [0, 0.05) is 32.0 Å². The molecule has 1 spiro atoms. The van der Waals surface area contributed by atoms with Crippen LogP contribution in [0.3, 0.4) is 0 Å². The van der Waals surface area contributed by atoms with E-state index in [1.165, 1.54) is 0 Å². The standard InChI is InChI=1S/C19H22N4O3/c24-18-12-26-19(14-23(18)17-5-3-6-20-10-17)13-22(8-9-25-15-19)11-16-4-1-2-7-21-16/h1-7,10H,8-9,11-15H2/t19-/m0/s1. The van der Waals surface area contributed by atoms with Gasteiger partial charge < -0.3 is 14.4 Å². The highest BCUT2D eigenvalue weighted by Gasteiger charge is 2.43. The fourth-order valence-corrected chi connectivity index (χ4v) is 3.49. The second-order valence-corrected chi connectivity index (χ2v) is 6.75. The highest BCUT2D eigenvalue weighted by atomic mass is 16.6. The zero-order valence-electron chi connectivity index (χ0n) is 14.6. The number of rotatable bonds is 3. The van der Waals surface area contributed by atoms with E-state index in [-0.39, 0.29) is 12.5 Å². The minimum atomic E-state index is -0.547. The predicted octanol–water partition coefficient (Wildman–Crippen LogP) is 1.11. The van der Waals surface area contributed by atoms with E-state index in [1.807, 2.05) is 30.3 Å². The molecule has 7 nitrogen and oxygen atoms in total. The van der Waals surface area contributed by atoms with Crippen molar-refractivity contribution < 1.29 is 14.3 Å². The second-order valence-electron chi connectivity index (χ2n) is 6.75. The van der Waals surface area contributed by atoms with Gasteiger partial charge in [0.15, 0.2) is 0 Å². The topological polar surface area (TPSA) is 67.8 Å². The van der Waals surface area contributed by atoms with Gasteiger partial charge in [-0.25, -0.2) is 0 Å². The summed E-state index contributed by atoms with van der Waals surface area (Å²) in [5, 5.41) is 0. The zero-order chi connectivity index (χ0) is 17.8. The minimum Gasteiger partial charge on any atom is -0.377 e. The van der Waals surface area contributed by atoms with Crippen molar-refractivity contribution in [3.8, 4) is 0 Å². The van der Waals surface area contributed by atoms with Gasteiger partial charge in [0.1, 0.15) is 12.2 Å². The number of morpholine rings is 1. The third-order valence-corrected chi connectivity index (χ3v) is 4.75. The molecule has 0 radical (unpaired) electrons. The first-order chi connectivity index (χ1) is 12.7. The summed E-state index contributed by atoms with van der Waals surface area (Å²) in [5.41, 5.74) is 1.26. The molecule has 2 fully saturated rings. The van der Waals surface area contributed by atoms with Crippen molar-refractivity contribution in [2.45, 2.75) is 12.1 Å². The number of hydrogen-bond acceptors (Lipinski definition) is 6. The summed E-state index contributed by atoms with van der Waals surface area (Å²) < 4.78 is 11.9. The Labute approximate surface area is 152 Å². The number of anilines is 1. The maximum absolute atomic E-state index is 12.4. The number of ether oxygens (including phenoxy) is 2. The minimum absolute atomic E-state index is 0.0513. The van der Waals surface area contributed by atoms with Crippen molar-refractivity contribution in [3.63, 3.8) is 0 Å². The molecule has 1 atom stereocenters. The molecule has 2 aromatic rings. The van der Waals surface area contributed by atoms with E-state index in [2.05, 4.69) is 14.9 Å². The predicted molar refractivity (Wildman–Crippen MR) is 95.6 cm³/mol. The average Bonchev–Trinajstić information content (AvgIpc) is 2.88. The fourth-order valence-electron chi connectivity index (χ4n) is 3.49. The molecule has 136 valence electrons. The van der Waals surface area contributed by atoms with E-state index < -0.39 is 5.60 Å². The fraction of sp³-hybridized carbons (Fsp3) is 0.421. The number of aromatic nitrogens is 2. The van der Waals surface area contributed by atoms with Crippen LogP contribution in [0.2, 0.25) is 0 Å². The summed E-state index contributed by atoms with van der Waals surface area (Å²) in [6, 6.07) is 9.66. The Hall–Kier alpha value is -2.35. The van der Waals surface area contributed by atoms with E-state index in [4.69, 9.17) is 9.47 Å². The quantitative estimate of drug-likeness (QED) is 0.823. The van der Waals surface area contributed by atoms with E-state index in [1.54, 1.807) is 23.5 Å². The van der Waals surface area contributed by atoms with Crippen molar-refractivity contribution in [1.82, 2.24) is 14.9 Å². The molecule has 26 heavy (non-hydrogen) atoms. The molecule has 4 rings (SSSR count). The largest absolute Gasteiger partial charge is 0.377 e. The third kappa shape index (κ3) is 3.75. The van der Waals surface area contributed by atoms with Crippen molar-refractivity contribution >= 4 is 11.6 Å². The summed E-state index contributed by atoms with van der Waals surface area (Å²) in [6.07, 6.45) is 5.22. The van der Waals surface area contributed by atoms with Crippen LogP contribution in [0.4, 0.5) is 5.69 Å². The number of carbonyl (C=O) groups excluding carboxylic acids is 1. The molecule has 0 bridgehead atoms. The first kappa shape index (κ1) is 17.1. The molecule has 2 saturated heterocycles. The van der Waals surface area contributed by atoms with Gasteiger partial charge in [-0.15, -0.1) is 0 Å². The van der Waals surface area contributed by atoms with Crippen LogP contribution in [-0.2, 0) is 20.8 Å². The Morgan fingerprint density at radius 2 is 2.12 bits per heavy atom. The molecule has 4 heterocycles. The lowest BCUT2D eigenvalue weighted by molar-refractivity contribution is -0.146. The van der Waals surface area contributed by atoms with Gasteiger partial charge in [-0.3, -0.25) is 19.7 Å². The van der Waals surface area contributed by atoms with Gasteiger partial charge >= 0.3 is 0 Å². The Bertz CT molecular complexity index is 743. The normalized spacial score (nSPS) is 24.6. The van der Waals surface area contributed by atoms with Gasteiger partial charge in [0.25, 0.3) is 5.91 Å².